The summed E-state index contributed by atoms with van der Waals surface area (Å²) >= 11 is -2.25. The average Bonchev–Trinajstić information content (AvgIpc) is 2.63. The van der Waals surface area contributed by atoms with E-state index in [0.717, 1.165) is 22.3 Å². The van der Waals surface area contributed by atoms with Gasteiger partial charge in [0.15, 0.2) is 0 Å². The predicted molar refractivity (Wildman–Crippen MR) is 78.3 cm³/mol. The summed E-state index contributed by atoms with van der Waals surface area (Å²) in [5.74, 6) is 0.225. The third-order valence-corrected chi connectivity index (χ3v) is 9.36. The Balaban J connectivity index is 2.35. The van der Waals surface area contributed by atoms with Gasteiger partial charge in [-0.05, 0) is 0 Å². The molecule has 90 valence electrons. The summed E-state index contributed by atoms with van der Waals surface area (Å²) in [6.07, 6.45) is 0. The van der Waals surface area contributed by atoms with E-state index in [9.17, 15) is 4.79 Å². The second-order valence-electron chi connectivity index (χ2n) is 5.85. The first-order valence-corrected chi connectivity index (χ1v) is 16.3. The van der Waals surface area contributed by atoms with Crippen molar-refractivity contribution in [3.8, 4) is 11.1 Å². The molecule has 0 amide bonds. The maximum absolute atomic E-state index is 12.6. The topological polar surface area (TPSA) is 17.1 Å². The van der Waals surface area contributed by atoms with E-state index in [1.807, 2.05) is 18.2 Å². The summed E-state index contributed by atoms with van der Waals surface area (Å²) in [5.41, 5.74) is 4.10. The van der Waals surface area contributed by atoms with Gasteiger partial charge < -0.3 is 0 Å². The molecule has 0 N–H and O–H groups in total. The Morgan fingerprint density at radius 1 is 0.778 bits per heavy atom. The molecule has 0 unspecified atom stereocenters. The Bertz CT molecular complexity index is 650. The third-order valence-electron chi connectivity index (χ3n) is 3.56. The molecule has 0 atom stereocenters. The molecule has 2 aromatic carbocycles. The van der Waals surface area contributed by atoms with Crippen LogP contribution in [0, 0.1) is 0 Å². The van der Waals surface area contributed by atoms with E-state index < -0.39 is 18.4 Å². The van der Waals surface area contributed by atoms with Crippen molar-refractivity contribution in [3.63, 3.8) is 0 Å². The van der Waals surface area contributed by atoms with E-state index >= 15 is 0 Å². The molecule has 0 aromatic heterocycles. The van der Waals surface area contributed by atoms with Gasteiger partial charge >= 0.3 is 112 Å². The molecule has 0 bridgehead atoms. The summed E-state index contributed by atoms with van der Waals surface area (Å²) in [7, 11) is 0. The fraction of sp³-hybridized carbons (Fsp3) is 0.188. The van der Waals surface area contributed by atoms with Crippen LogP contribution in [0.5, 0.6) is 0 Å². The van der Waals surface area contributed by atoms with E-state index in [0.29, 0.717) is 0 Å². The summed E-state index contributed by atoms with van der Waals surface area (Å²) in [5, 5.41) is 0. The Kier molecular flexibility index (Phi) is 2.63. The van der Waals surface area contributed by atoms with Crippen molar-refractivity contribution >= 4 is 27.7 Å². The number of benzene rings is 2. The number of hydrogen-bond donors (Lipinski definition) is 0. The summed E-state index contributed by atoms with van der Waals surface area (Å²) < 4.78 is 1.35. The second kappa shape index (κ2) is 3.95. The van der Waals surface area contributed by atoms with Crippen LogP contribution >= 0.6 is 0 Å². The first kappa shape index (κ1) is 12.0. The Morgan fingerprint density at radius 3 is 2.06 bits per heavy atom. The van der Waals surface area contributed by atoms with E-state index in [4.69, 9.17) is 0 Å². The minimum atomic E-state index is -2.25. The van der Waals surface area contributed by atoms with Crippen LogP contribution in [0.25, 0.3) is 11.1 Å². The molecule has 0 aliphatic heterocycles. The molecule has 0 saturated heterocycles. The predicted octanol–water partition coefficient (Wildman–Crippen LogP) is 3.44. The first-order chi connectivity index (χ1) is 8.50. The van der Waals surface area contributed by atoms with E-state index in [-0.39, 0.29) is 5.78 Å². The molecule has 1 nitrogen and oxygen atoms in total. The van der Waals surface area contributed by atoms with Gasteiger partial charge in [0, 0.05) is 0 Å². The first-order valence-electron chi connectivity index (χ1n) is 6.28. The third kappa shape index (κ3) is 1.64. The fourth-order valence-electron chi connectivity index (χ4n) is 2.70. The Hall–Kier alpha value is -1.09. The number of carbonyl (C=O) groups excluding carboxylic acids is 1. The monoisotopic (exact) mass is 344 g/mol. The number of rotatable bonds is 1. The zero-order valence-electron chi connectivity index (χ0n) is 10.9. The SMILES string of the molecule is [CH3][Sn]([CH3])([CH3])[c]1cccc2c1C(=O)c1ccccc1-2. The van der Waals surface area contributed by atoms with Crippen LogP contribution in [-0.4, -0.2) is 24.2 Å². The van der Waals surface area contributed by atoms with Crippen LogP contribution in [0.3, 0.4) is 0 Å². The Labute approximate surface area is 112 Å². The molecule has 0 fully saturated rings. The van der Waals surface area contributed by atoms with Gasteiger partial charge in [-0.15, -0.1) is 0 Å². The fourth-order valence-corrected chi connectivity index (χ4v) is 7.25. The van der Waals surface area contributed by atoms with Crippen molar-refractivity contribution in [2.24, 2.45) is 0 Å². The van der Waals surface area contributed by atoms with Gasteiger partial charge in [0.1, 0.15) is 0 Å². The van der Waals surface area contributed by atoms with E-state index in [2.05, 4.69) is 39.1 Å². The molecule has 1 aliphatic carbocycles. The zero-order chi connectivity index (χ0) is 12.9. The second-order valence-corrected chi connectivity index (χ2v) is 20.2. The van der Waals surface area contributed by atoms with Gasteiger partial charge in [-0.3, -0.25) is 0 Å². The minimum absolute atomic E-state index is 0.225. The summed E-state index contributed by atoms with van der Waals surface area (Å²) in [4.78, 5) is 19.7. The van der Waals surface area contributed by atoms with Crippen molar-refractivity contribution < 1.29 is 4.79 Å². The summed E-state index contributed by atoms with van der Waals surface area (Å²) in [6, 6.07) is 14.3. The van der Waals surface area contributed by atoms with Crippen molar-refractivity contribution in [3.05, 3.63) is 53.6 Å². The number of fused-ring (bicyclic) bond motifs is 3. The number of ketones is 1. The molecule has 3 rings (SSSR count). The molecule has 0 heterocycles. The van der Waals surface area contributed by atoms with Crippen LogP contribution in [-0.2, 0) is 0 Å². The molecule has 0 saturated carbocycles. The number of carbonyl (C=O) groups is 1. The van der Waals surface area contributed by atoms with E-state index in [1.165, 1.54) is 3.58 Å². The summed E-state index contributed by atoms with van der Waals surface area (Å²) in [6.45, 7) is 0. The van der Waals surface area contributed by atoms with Crippen LogP contribution in [0.2, 0.25) is 14.8 Å². The van der Waals surface area contributed by atoms with Crippen LogP contribution in [0.15, 0.2) is 42.5 Å². The standard InChI is InChI=1S/C13H7O.3CH3.Sn/c14-13-11-7-3-1-5-9(11)10-6-2-4-8-12(10)13;;;;/h1-7H;3*1H3;. The molecule has 0 radical (unpaired) electrons. The van der Waals surface area contributed by atoms with Gasteiger partial charge in [-0.25, -0.2) is 0 Å². The van der Waals surface area contributed by atoms with E-state index in [1.54, 1.807) is 0 Å². The number of hydrogen-bond acceptors (Lipinski definition) is 1. The van der Waals surface area contributed by atoms with Gasteiger partial charge in [0.05, 0.1) is 0 Å². The molecular weight excluding hydrogens is 327 g/mol. The maximum atomic E-state index is 12.6. The molecule has 1 aliphatic rings. The van der Waals surface area contributed by atoms with Crippen molar-refractivity contribution in [2.75, 3.05) is 0 Å². The average molecular weight is 343 g/mol. The molecule has 2 aromatic rings. The van der Waals surface area contributed by atoms with Crippen LogP contribution in [0.4, 0.5) is 0 Å². The van der Waals surface area contributed by atoms with Gasteiger partial charge in [0.25, 0.3) is 0 Å². The quantitative estimate of drug-likeness (QED) is 0.619. The van der Waals surface area contributed by atoms with Crippen LogP contribution in [0.1, 0.15) is 15.9 Å². The normalized spacial score (nSPS) is 13.4. The molecule has 18 heavy (non-hydrogen) atoms. The zero-order valence-corrected chi connectivity index (χ0v) is 13.8. The van der Waals surface area contributed by atoms with Gasteiger partial charge in [0.2, 0.25) is 0 Å². The van der Waals surface area contributed by atoms with Gasteiger partial charge in [-0.1, -0.05) is 0 Å². The van der Waals surface area contributed by atoms with Crippen LogP contribution < -0.4 is 3.58 Å². The van der Waals surface area contributed by atoms with Gasteiger partial charge in [-0.2, -0.15) is 0 Å². The molecule has 0 spiro atoms. The molecule has 2 heteroatoms. The van der Waals surface area contributed by atoms with Crippen molar-refractivity contribution in [2.45, 2.75) is 14.8 Å². The molecular formula is C16H16OSn. The van der Waals surface area contributed by atoms with Crippen molar-refractivity contribution in [1.82, 2.24) is 0 Å². The Morgan fingerprint density at radius 2 is 1.39 bits per heavy atom. The van der Waals surface area contributed by atoms with Crippen molar-refractivity contribution in [1.29, 1.82) is 0 Å².